The molecule has 1 aromatic rings. The van der Waals surface area contributed by atoms with Crippen LogP contribution in [0.5, 0.6) is 0 Å². The number of carbonyl (C=O) groups excluding carboxylic acids is 1. The number of alkyl halides is 3. The van der Waals surface area contributed by atoms with E-state index in [0.29, 0.717) is 16.9 Å². The van der Waals surface area contributed by atoms with Crippen LogP contribution in [0, 0.1) is 0 Å². The molecule has 0 heterocycles. The van der Waals surface area contributed by atoms with Crippen LogP contribution in [0.3, 0.4) is 0 Å². The summed E-state index contributed by atoms with van der Waals surface area (Å²) in [5.74, 6) is -0.327. The van der Waals surface area contributed by atoms with Gasteiger partial charge in [-0.05, 0) is 30.0 Å². The lowest BCUT2D eigenvalue weighted by atomic mass is 10.1. The van der Waals surface area contributed by atoms with E-state index in [1.807, 2.05) is 0 Å². The zero-order valence-electron chi connectivity index (χ0n) is 11.1. The molecule has 0 atom stereocenters. The van der Waals surface area contributed by atoms with E-state index in [0.717, 1.165) is 0 Å². The molecule has 0 aliphatic heterocycles. The van der Waals surface area contributed by atoms with Crippen molar-refractivity contribution in [3.63, 3.8) is 0 Å². The molecule has 0 spiro atoms. The monoisotopic (exact) mass is 307 g/mol. The van der Waals surface area contributed by atoms with E-state index in [4.69, 9.17) is 5.73 Å². The molecule has 8 heteroatoms. The Morgan fingerprint density at radius 2 is 2.05 bits per heavy atom. The van der Waals surface area contributed by atoms with Crippen LogP contribution >= 0.6 is 11.8 Å². The normalized spacial score (nSPS) is 11.2. The van der Waals surface area contributed by atoms with Crippen molar-refractivity contribution in [2.45, 2.75) is 5.51 Å². The smallest absolute Gasteiger partial charge is 0.397 e. The van der Waals surface area contributed by atoms with Crippen molar-refractivity contribution in [1.29, 1.82) is 0 Å². The van der Waals surface area contributed by atoms with Gasteiger partial charge >= 0.3 is 5.51 Å². The maximum Gasteiger partial charge on any atom is 0.441 e. The molecule has 0 bridgehead atoms. The van der Waals surface area contributed by atoms with Crippen molar-refractivity contribution in [2.24, 2.45) is 0 Å². The molecule has 0 saturated heterocycles. The molecule has 112 valence electrons. The first-order valence-electron chi connectivity index (χ1n) is 5.76. The lowest BCUT2D eigenvalue weighted by Crippen LogP contribution is -2.22. The SMILES string of the molecule is CN(C)C(=O)c1ccc(N)c(NCCSC(F)(F)F)c1. The molecule has 0 fully saturated rings. The number of nitrogens with zero attached hydrogens (tertiary/aromatic N) is 1. The van der Waals surface area contributed by atoms with E-state index in [2.05, 4.69) is 5.32 Å². The summed E-state index contributed by atoms with van der Waals surface area (Å²) in [7, 11) is 3.23. The van der Waals surface area contributed by atoms with Gasteiger partial charge < -0.3 is 16.0 Å². The molecule has 0 aliphatic carbocycles. The second-order valence-electron chi connectivity index (χ2n) is 4.22. The standard InChI is InChI=1S/C12H16F3N3OS/c1-18(2)11(19)8-3-4-9(16)10(7-8)17-5-6-20-12(13,14)15/h3-4,7,17H,5-6,16H2,1-2H3. The third-order valence-electron chi connectivity index (χ3n) is 2.39. The van der Waals surface area contributed by atoms with Crippen LogP contribution in [0.25, 0.3) is 0 Å². The fraction of sp³-hybridized carbons (Fsp3) is 0.417. The summed E-state index contributed by atoms with van der Waals surface area (Å²) in [6.45, 7) is 0.105. The Hall–Kier alpha value is -1.57. The van der Waals surface area contributed by atoms with Gasteiger partial charge in [0.25, 0.3) is 5.91 Å². The van der Waals surface area contributed by atoms with Gasteiger partial charge in [-0.3, -0.25) is 4.79 Å². The zero-order valence-corrected chi connectivity index (χ0v) is 11.9. The second kappa shape index (κ2) is 6.74. The number of rotatable bonds is 5. The number of hydrogen-bond donors (Lipinski definition) is 2. The van der Waals surface area contributed by atoms with Gasteiger partial charge in [-0.1, -0.05) is 0 Å². The second-order valence-corrected chi connectivity index (χ2v) is 5.38. The van der Waals surface area contributed by atoms with Crippen LogP contribution in [0.15, 0.2) is 18.2 Å². The number of nitrogen functional groups attached to an aromatic ring is 1. The number of nitrogens with one attached hydrogen (secondary N) is 1. The molecule has 0 aromatic heterocycles. The summed E-state index contributed by atoms with van der Waals surface area (Å²) in [5.41, 5.74) is 2.75. The summed E-state index contributed by atoms with van der Waals surface area (Å²) >= 11 is -0.104. The van der Waals surface area contributed by atoms with Gasteiger partial charge in [0.2, 0.25) is 0 Å². The third-order valence-corrected chi connectivity index (χ3v) is 3.13. The van der Waals surface area contributed by atoms with Gasteiger partial charge in [0, 0.05) is 32.0 Å². The van der Waals surface area contributed by atoms with Gasteiger partial charge in [-0.2, -0.15) is 13.2 Å². The number of halogens is 3. The van der Waals surface area contributed by atoms with Crippen molar-refractivity contribution in [3.8, 4) is 0 Å². The lowest BCUT2D eigenvalue weighted by Gasteiger charge is -2.14. The molecule has 0 saturated carbocycles. The van der Waals surface area contributed by atoms with E-state index < -0.39 is 5.51 Å². The Labute approximate surface area is 119 Å². The highest BCUT2D eigenvalue weighted by atomic mass is 32.2. The van der Waals surface area contributed by atoms with E-state index in [1.165, 1.54) is 11.0 Å². The van der Waals surface area contributed by atoms with Crippen LogP contribution in [-0.4, -0.2) is 42.7 Å². The Morgan fingerprint density at radius 1 is 1.40 bits per heavy atom. The summed E-state index contributed by atoms with van der Waals surface area (Å²) < 4.78 is 35.9. The summed E-state index contributed by atoms with van der Waals surface area (Å²) in [4.78, 5) is 13.2. The molecular weight excluding hydrogens is 291 g/mol. The van der Waals surface area contributed by atoms with Gasteiger partial charge in [0.15, 0.2) is 0 Å². The third kappa shape index (κ3) is 5.20. The number of nitrogens with two attached hydrogens (primary N) is 1. The molecule has 0 aliphatic rings. The predicted molar refractivity (Wildman–Crippen MR) is 75.9 cm³/mol. The molecule has 3 N–H and O–H groups in total. The maximum atomic E-state index is 12.0. The largest absolute Gasteiger partial charge is 0.441 e. The fourth-order valence-corrected chi connectivity index (χ4v) is 1.89. The van der Waals surface area contributed by atoms with Crippen LogP contribution in [-0.2, 0) is 0 Å². The molecule has 1 rings (SSSR count). The van der Waals surface area contributed by atoms with Crippen molar-refractivity contribution >= 4 is 29.0 Å². The molecule has 0 unspecified atom stereocenters. The molecule has 1 amide bonds. The van der Waals surface area contributed by atoms with Gasteiger partial charge in [-0.15, -0.1) is 0 Å². The number of hydrogen-bond acceptors (Lipinski definition) is 4. The van der Waals surface area contributed by atoms with Crippen molar-refractivity contribution in [3.05, 3.63) is 23.8 Å². The van der Waals surface area contributed by atoms with Crippen LogP contribution in [0.1, 0.15) is 10.4 Å². The minimum Gasteiger partial charge on any atom is -0.397 e. The number of thioether (sulfide) groups is 1. The van der Waals surface area contributed by atoms with Gasteiger partial charge in [0.05, 0.1) is 11.4 Å². The summed E-state index contributed by atoms with van der Waals surface area (Å²) in [5, 5.41) is 2.80. The van der Waals surface area contributed by atoms with Gasteiger partial charge in [0.1, 0.15) is 0 Å². The Morgan fingerprint density at radius 3 is 2.60 bits per heavy atom. The topological polar surface area (TPSA) is 58.4 Å². The molecular formula is C12H16F3N3OS. The Balaban J connectivity index is 2.65. The van der Waals surface area contributed by atoms with Crippen LogP contribution < -0.4 is 11.1 Å². The predicted octanol–water partition coefficient (Wildman–Crippen LogP) is 2.64. The first-order chi connectivity index (χ1) is 9.20. The average molecular weight is 307 g/mol. The Bertz CT molecular complexity index is 478. The van der Waals surface area contributed by atoms with Crippen molar-refractivity contribution < 1.29 is 18.0 Å². The number of carbonyl (C=O) groups is 1. The van der Waals surface area contributed by atoms with E-state index >= 15 is 0 Å². The first-order valence-corrected chi connectivity index (χ1v) is 6.75. The highest BCUT2D eigenvalue weighted by molar-refractivity contribution is 8.00. The zero-order chi connectivity index (χ0) is 15.3. The molecule has 0 radical (unpaired) electrons. The molecule has 1 aromatic carbocycles. The van der Waals surface area contributed by atoms with E-state index in [1.54, 1.807) is 26.2 Å². The molecule has 4 nitrogen and oxygen atoms in total. The summed E-state index contributed by atoms with van der Waals surface area (Å²) in [6.07, 6.45) is 0. The molecule has 20 heavy (non-hydrogen) atoms. The highest BCUT2D eigenvalue weighted by Crippen LogP contribution is 2.30. The number of amides is 1. The van der Waals surface area contributed by atoms with E-state index in [-0.39, 0.29) is 30.0 Å². The number of benzene rings is 1. The van der Waals surface area contributed by atoms with Crippen molar-refractivity contribution in [1.82, 2.24) is 4.90 Å². The number of anilines is 2. The lowest BCUT2D eigenvalue weighted by molar-refractivity contribution is -0.0327. The maximum absolute atomic E-state index is 12.0. The van der Waals surface area contributed by atoms with Gasteiger partial charge in [-0.25, -0.2) is 0 Å². The quantitative estimate of drug-likeness (QED) is 0.648. The minimum absolute atomic E-state index is 0.104. The van der Waals surface area contributed by atoms with E-state index in [9.17, 15) is 18.0 Å². The van der Waals surface area contributed by atoms with Crippen molar-refractivity contribution in [2.75, 3.05) is 37.4 Å². The highest BCUT2D eigenvalue weighted by Gasteiger charge is 2.27. The average Bonchev–Trinajstić information content (AvgIpc) is 2.34. The van der Waals surface area contributed by atoms with Crippen LogP contribution in [0.4, 0.5) is 24.5 Å². The Kier molecular flexibility index (Phi) is 5.55. The minimum atomic E-state index is -4.24. The first kappa shape index (κ1) is 16.5. The fourth-order valence-electron chi connectivity index (χ4n) is 1.45. The van der Waals surface area contributed by atoms with Crippen LogP contribution in [0.2, 0.25) is 0 Å². The summed E-state index contributed by atoms with van der Waals surface area (Å²) in [6, 6.07) is 4.67.